The predicted octanol–water partition coefficient (Wildman–Crippen LogP) is 4.88. The summed E-state index contributed by atoms with van der Waals surface area (Å²) in [6.45, 7) is 2.86. The van der Waals surface area contributed by atoms with E-state index in [1.165, 1.54) is 24.0 Å². The van der Waals surface area contributed by atoms with Gasteiger partial charge in [-0.15, -0.1) is 0 Å². The van der Waals surface area contributed by atoms with Gasteiger partial charge in [-0.1, -0.05) is 47.5 Å². The van der Waals surface area contributed by atoms with Crippen molar-refractivity contribution in [2.24, 2.45) is 0 Å². The second kappa shape index (κ2) is 12.4. The highest BCUT2D eigenvalue weighted by molar-refractivity contribution is 7.92. The van der Waals surface area contributed by atoms with Crippen LogP contribution in [-0.4, -0.2) is 44.3 Å². The molecule has 0 aromatic heterocycles. The van der Waals surface area contributed by atoms with E-state index in [-0.39, 0.29) is 17.1 Å². The number of sulfonamides is 1. The molecule has 37 heavy (non-hydrogen) atoms. The first kappa shape index (κ1) is 28.4. The van der Waals surface area contributed by atoms with E-state index in [1.54, 1.807) is 43.3 Å². The normalized spacial score (nSPS) is 12.0. The third kappa shape index (κ3) is 6.80. The number of carbonyl (C=O) groups excluding carboxylic acids is 2. The quantitative estimate of drug-likeness (QED) is 0.379. The number of nitrogens with one attached hydrogen (secondary N) is 1. The SMILES string of the molecule is CCNC(=O)C(C)N(Cc1c(Cl)cccc1Cl)C(=O)CN(c1ccccc1)S(=O)(=O)c1ccc(F)cc1. The summed E-state index contributed by atoms with van der Waals surface area (Å²) in [5, 5.41) is 3.27. The summed E-state index contributed by atoms with van der Waals surface area (Å²) in [6, 6.07) is 16.3. The molecule has 0 saturated heterocycles. The number of carbonyl (C=O) groups is 2. The van der Waals surface area contributed by atoms with Gasteiger partial charge in [-0.05, 0) is 62.4 Å². The van der Waals surface area contributed by atoms with Crippen LogP contribution < -0.4 is 9.62 Å². The van der Waals surface area contributed by atoms with E-state index < -0.39 is 40.2 Å². The first-order valence-electron chi connectivity index (χ1n) is 11.4. The zero-order valence-electron chi connectivity index (χ0n) is 20.2. The van der Waals surface area contributed by atoms with Crippen molar-refractivity contribution in [2.45, 2.75) is 31.3 Å². The van der Waals surface area contributed by atoms with Gasteiger partial charge in [0.25, 0.3) is 10.0 Å². The van der Waals surface area contributed by atoms with Gasteiger partial charge in [0.1, 0.15) is 18.4 Å². The monoisotopic (exact) mass is 565 g/mol. The molecule has 11 heteroatoms. The van der Waals surface area contributed by atoms with Crippen LogP contribution in [0, 0.1) is 5.82 Å². The lowest BCUT2D eigenvalue weighted by Gasteiger charge is -2.32. The van der Waals surface area contributed by atoms with Crippen LogP contribution in [0.3, 0.4) is 0 Å². The van der Waals surface area contributed by atoms with E-state index in [1.807, 2.05) is 0 Å². The molecule has 1 unspecified atom stereocenters. The largest absolute Gasteiger partial charge is 0.355 e. The Bertz CT molecular complexity index is 1340. The van der Waals surface area contributed by atoms with Crippen LogP contribution in [0.4, 0.5) is 10.1 Å². The Morgan fingerprint density at radius 2 is 1.54 bits per heavy atom. The Hall–Kier alpha value is -3.14. The lowest BCUT2D eigenvalue weighted by atomic mass is 10.1. The average Bonchev–Trinajstić information content (AvgIpc) is 2.87. The Balaban J connectivity index is 2.04. The number of hydrogen-bond donors (Lipinski definition) is 1. The maximum atomic E-state index is 13.7. The molecule has 1 atom stereocenters. The molecule has 0 spiro atoms. The van der Waals surface area contributed by atoms with Crippen molar-refractivity contribution in [3.05, 3.63) is 94.2 Å². The first-order valence-corrected chi connectivity index (χ1v) is 13.6. The van der Waals surface area contributed by atoms with Crippen molar-refractivity contribution in [3.63, 3.8) is 0 Å². The van der Waals surface area contributed by atoms with Crippen molar-refractivity contribution < 1.29 is 22.4 Å². The molecule has 7 nitrogen and oxygen atoms in total. The number of amides is 2. The summed E-state index contributed by atoms with van der Waals surface area (Å²) >= 11 is 12.7. The van der Waals surface area contributed by atoms with Gasteiger partial charge in [0, 0.05) is 28.7 Å². The zero-order valence-corrected chi connectivity index (χ0v) is 22.5. The van der Waals surface area contributed by atoms with Crippen molar-refractivity contribution in [3.8, 4) is 0 Å². The van der Waals surface area contributed by atoms with E-state index in [9.17, 15) is 22.4 Å². The highest BCUT2D eigenvalue weighted by atomic mass is 35.5. The molecular weight excluding hydrogens is 540 g/mol. The molecule has 2 amide bonds. The van der Waals surface area contributed by atoms with Crippen LogP contribution in [0.25, 0.3) is 0 Å². The minimum Gasteiger partial charge on any atom is -0.355 e. The summed E-state index contributed by atoms with van der Waals surface area (Å²) in [7, 11) is -4.28. The Morgan fingerprint density at radius 3 is 2.11 bits per heavy atom. The standard InChI is InChI=1S/C26H26Cl2FN3O4S/c1-3-30-26(34)18(2)31(16-22-23(27)10-7-11-24(22)28)25(33)17-32(20-8-5-4-6-9-20)37(35,36)21-14-12-19(29)13-15-21/h4-15,18H,3,16-17H2,1-2H3,(H,30,34). The van der Waals surface area contributed by atoms with Gasteiger partial charge in [0.15, 0.2) is 0 Å². The molecule has 3 aromatic rings. The Labute approximate surface area is 225 Å². The average molecular weight is 566 g/mol. The second-order valence-electron chi connectivity index (χ2n) is 8.09. The fraction of sp³-hybridized carbons (Fsp3) is 0.231. The van der Waals surface area contributed by atoms with Gasteiger partial charge in [0.05, 0.1) is 10.6 Å². The van der Waals surface area contributed by atoms with Crippen LogP contribution in [-0.2, 0) is 26.2 Å². The zero-order chi connectivity index (χ0) is 27.2. The third-order valence-electron chi connectivity index (χ3n) is 5.63. The lowest BCUT2D eigenvalue weighted by Crippen LogP contribution is -2.51. The number of hydrogen-bond acceptors (Lipinski definition) is 4. The van der Waals surface area contributed by atoms with Crippen molar-refractivity contribution in [2.75, 3.05) is 17.4 Å². The molecule has 3 rings (SSSR count). The second-order valence-corrected chi connectivity index (χ2v) is 10.8. The number of rotatable bonds is 10. The molecule has 1 N–H and O–H groups in total. The minimum absolute atomic E-state index is 0.130. The van der Waals surface area contributed by atoms with E-state index in [0.717, 1.165) is 28.6 Å². The molecule has 0 aliphatic heterocycles. The minimum atomic E-state index is -4.28. The highest BCUT2D eigenvalue weighted by Crippen LogP contribution is 2.28. The van der Waals surface area contributed by atoms with Gasteiger partial charge < -0.3 is 10.2 Å². The van der Waals surface area contributed by atoms with Crippen LogP contribution in [0.1, 0.15) is 19.4 Å². The summed E-state index contributed by atoms with van der Waals surface area (Å²) in [6.07, 6.45) is 0. The molecule has 0 aliphatic rings. The number of anilines is 1. The number of halogens is 3. The van der Waals surface area contributed by atoms with Crippen LogP contribution in [0.5, 0.6) is 0 Å². The number of nitrogens with zero attached hydrogens (tertiary/aromatic N) is 2. The van der Waals surface area contributed by atoms with Gasteiger partial charge in [-0.3, -0.25) is 13.9 Å². The molecule has 0 fully saturated rings. The van der Waals surface area contributed by atoms with E-state index in [0.29, 0.717) is 22.2 Å². The van der Waals surface area contributed by atoms with Gasteiger partial charge in [-0.25, -0.2) is 12.8 Å². The van der Waals surface area contributed by atoms with E-state index in [2.05, 4.69) is 5.32 Å². The summed E-state index contributed by atoms with van der Waals surface area (Å²) < 4.78 is 41.6. The molecular formula is C26H26Cl2FN3O4S. The smallest absolute Gasteiger partial charge is 0.264 e. The maximum absolute atomic E-state index is 13.7. The fourth-order valence-corrected chi connectivity index (χ4v) is 5.55. The summed E-state index contributed by atoms with van der Waals surface area (Å²) in [4.78, 5) is 27.5. The van der Waals surface area contributed by atoms with Crippen LogP contribution in [0.2, 0.25) is 10.0 Å². The molecule has 0 radical (unpaired) electrons. The third-order valence-corrected chi connectivity index (χ3v) is 8.13. The van der Waals surface area contributed by atoms with Crippen LogP contribution in [0.15, 0.2) is 77.7 Å². The summed E-state index contributed by atoms with van der Waals surface area (Å²) in [5.74, 6) is -1.68. The van der Waals surface area contributed by atoms with Gasteiger partial charge >= 0.3 is 0 Å². The van der Waals surface area contributed by atoms with E-state index >= 15 is 0 Å². The molecule has 0 aliphatic carbocycles. The van der Waals surface area contributed by atoms with E-state index in [4.69, 9.17) is 23.2 Å². The van der Waals surface area contributed by atoms with Gasteiger partial charge in [0.2, 0.25) is 11.8 Å². The van der Waals surface area contributed by atoms with Crippen molar-refractivity contribution in [1.29, 1.82) is 0 Å². The van der Waals surface area contributed by atoms with Crippen molar-refractivity contribution in [1.82, 2.24) is 10.2 Å². The Kier molecular flexibility index (Phi) is 9.53. The molecule has 196 valence electrons. The molecule has 3 aromatic carbocycles. The fourth-order valence-electron chi connectivity index (χ4n) is 3.62. The topological polar surface area (TPSA) is 86.8 Å². The number of benzene rings is 3. The van der Waals surface area contributed by atoms with Gasteiger partial charge in [-0.2, -0.15) is 0 Å². The Morgan fingerprint density at radius 1 is 0.946 bits per heavy atom. The first-order chi connectivity index (χ1) is 17.6. The van der Waals surface area contributed by atoms with Crippen LogP contribution >= 0.6 is 23.2 Å². The molecule has 0 bridgehead atoms. The number of para-hydroxylation sites is 1. The highest BCUT2D eigenvalue weighted by Gasteiger charge is 2.33. The summed E-state index contributed by atoms with van der Waals surface area (Å²) in [5.41, 5.74) is 0.643. The van der Waals surface area contributed by atoms with Crippen molar-refractivity contribution >= 4 is 50.7 Å². The lowest BCUT2D eigenvalue weighted by molar-refractivity contribution is -0.139. The predicted molar refractivity (Wildman–Crippen MR) is 143 cm³/mol. The molecule has 0 heterocycles. The molecule has 0 saturated carbocycles. The number of likely N-dealkylation sites (N-methyl/N-ethyl adjacent to an activating group) is 1. The maximum Gasteiger partial charge on any atom is 0.264 e.